The zero-order valence-electron chi connectivity index (χ0n) is 18.9. The summed E-state index contributed by atoms with van der Waals surface area (Å²) >= 11 is 0. The number of amides is 1. The van der Waals surface area contributed by atoms with Gasteiger partial charge in [0, 0.05) is 18.3 Å². The minimum Gasteiger partial charge on any atom is -0.388 e. The van der Waals surface area contributed by atoms with Gasteiger partial charge in [0.25, 0.3) is 5.69 Å². The van der Waals surface area contributed by atoms with Gasteiger partial charge < -0.3 is 14.7 Å². The van der Waals surface area contributed by atoms with E-state index in [-0.39, 0.29) is 17.6 Å². The summed E-state index contributed by atoms with van der Waals surface area (Å²) in [5.41, 5.74) is 1.95. The number of pyridine rings is 1. The van der Waals surface area contributed by atoms with Crippen LogP contribution in [0.15, 0.2) is 79.0 Å². The first-order chi connectivity index (χ1) is 16.5. The molecule has 4 rings (SSSR count). The molecule has 0 bridgehead atoms. The number of aromatic nitrogens is 1. The van der Waals surface area contributed by atoms with Gasteiger partial charge in [-0.25, -0.2) is 0 Å². The SMILES string of the molecule is CCC[C@@H](C(=O)N1[C@@H](c2ccccn2)OC[C@H]1c1ccccc1)[C@@H](O)c1ccc([N+](=O)[O-])cc1. The maximum absolute atomic E-state index is 14.0. The summed E-state index contributed by atoms with van der Waals surface area (Å²) in [6.45, 7) is 2.26. The number of benzene rings is 2. The van der Waals surface area contributed by atoms with Gasteiger partial charge in [-0.1, -0.05) is 49.7 Å². The molecule has 1 N–H and O–H groups in total. The zero-order valence-corrected chi connectivity index (χ0v) is 18.9. The van der Waals surface area contributed by atoms with E-state index in [0.717, 1.165) is 5.56 Å². The molecule has 1 amide bonds. The first kappa shape index (κ1) is 23.5. The Morgan fingerprint density at radius 2 is 1.85 bits per heavy atom. The van der Waals surface area contributed by atoms with Gasteiger partial charge in [-0.3, -0.25) is 19.9 Å². The third-order valence-electron chi connectivity index (χ3n) is 6.12. The summed E-state index contributed by atoms with van der Waals surface area (Å²) in [7, 11) is 0. The predicted octanol–water partition coefficient (Wildman–Crippen LogP) is 4.74. The van der Waals surface area contributed by atoms with Crippen molar-refractivity contribution >= 4 is 11.6 Å². The highest BCUT2D eigenvalue weighted by atomic mass is 16.6. The molecule has 1 aliphatic heterocycles. The molecule has 34 heavy (non-hydrogen) atoms. The molecule has 2 heterocycles. The number of non-ortho nitro benzene ring substituents is 1. The Kier molecular flexibility index (Phi) is 7.30. The standard InChI is InChI=1S/C26H27N3O5/c1-2-8-21(24(30)19-12-14-20(15-13-19)29(32)33)25(31)28-23(18-9-4-3-5-10-18)17-34-26(28)22-11-6-7-16-27-22/h3-7,9-16,21,23-24,26,30H,2,8,17H2,1H3/t21-,23+,24+,26-/m1/s1. The number of aliphatic hydroxyl groups is 1. The number of rotatable bonds is 8. The third kappa shape index (κ3) is 4.83. The highest BCUT2D eigenvalue weighted by molar-refractivity contribution is 5.81. The predicted molar refractivity (Wildman–Crippen MR) is 125 cm³/mol. The van der Waals surface area contributed by atoms with E-state index in [1.54, 1.807) is 17.2 Å². The number of nitro groups is 1. The Bertz CT molecular complexity index is 1060. The molecule has 0 aliphatic carbocycles. The van der Waals surface area contributed by atoms with Crippen molar-refractivity contribution in [1.82, 2.24) is 9.88 Å². The molecule has 1 fully saturated rings. The molecule has 8 heteroatoms. The van der Waals surface area contributed by atoms with Crippen molar-refractivity contribution < 1.29 is 19.6 Å². The van der Waals surface area contributed by atoms with Crippen LogP contribution in [0.2, 0.25) is 0 Å². The molecule has 0 saturated carbocycles. The van der Waals surface area contributed by atoms with Crippen molar-refractivity contribution in [2.75, 3.05) is 6.61 Å². The fourth-order valence-electron chi connectivity index (χ4n) is 4.40. The molecule has 1 aromatic heterocycles. The van der Waals surface area contributed by atoms with Crippen molar-refractivity contribution in [2.24, 2.45) is 5.92 Å². The number of hydrogen-bond donors (Lipinski definition) is 1. The number of carbonyl (C=O) groups is 1. The molecule has 2 aromatic carbocycles. The largest absolute Gasteiger partial charge is 0.388 e. The van der Waals surface area contributed by atoms with E-state index < -0.39 is 23.2 Å². The van der Waals surface area contributed by atoms with E-state index in [9.17, 15) is 20.0 Å². The molecule has 0 spiro atoms. The van der Waals surface area contributed by atoms with Gasteiger partial charge in [0.2, 0.25) is 5.91 Å². The van der Waals surface area contributed by atoms with Crippen LogP contribution in [0.3, 0.4) is 0 Å². The quantitative estimate of drug-likeness (QED) is 0.384. The van der Waals surface area contributed by atoms with E-state index in [0.29, 0.717) is 30.7 Å². The minimum atomic E-state index is -1.12. The summed E-state index contributed by atoms with van der Waals surface area (Å²) in [4.78, 5) is 30.7. The van der Waals surface area contributed by atoms with Crippen molar-refractivity contribution in [3.05, 3.63) is 106 Å². The maximum Gasteiger partial charge on any atom is 0.269 e. The monoisotopic (exact) mass is 461 g/mol. The van der Waals surface area contributed by atoms with Crippen LogP contribution in [0.25, 0.3) is 0 Å². The van der Waals surface area contributed by atoms with E-state index in [1.807, 2.05) is 49.4 Å². The van der Waals surface area contributed by atoms with Gasteiger partial charge >= 0.3 is 0 Å². The van der Waals surface area contributed by atoms with Crippen LogP contribution >= 0.6 is 0 Å². The van der Waals surface area contributed by atoms with Gasteiger partial charge in [-0.05, 0) is 41.8 Å². The summed E-state index contributed by atoms with van der Waals surface area (Å²) < 4.78 is 6.08. The van der Waals surface area contributed by atoms with E-state index in [2.05, 4.69) is 4.98 Å². The minimum absolute atomic E-state index is 0.0679. The summed E-state index contributed by atoms with van der Waals surface area (Å²) in [6.07, 6.45) is 0.993. The van der Waals surface area contributed by atoms with Crippen LogP contribution in [-0.4, -0.2) is 32.4 Å². The Morgan fingerprint density at radius 1 is 1.15 bits per heavy atom. The molecular formula is C26H27N3O5. The van der Waals surface area contributed by atoms with Gasteiger partial charge in [0.15, 0.2) is 6.23 Å². The van der Waals surface area contributed by atoms with Crippen LogP contribution in [-0.2, 0) is 9.53 Å². The molecule has 0 radical (unpaired) electrons. The maximum atomic E-state index is 14.0. The lowest BCUT2D eigenvalue weighted by Crippen LogP contribution is -2.40. The first-order valence-electron chi connectivity index (χ1n) is 11.3. The van der Waals surface area contributed by atoms with Gasteiger partial charge in [-0.15, -0.1) is 0 Å². The second-order valence-corrected chi connectivity index (χ2v) is 8.30. The van der Waals surface area contributed by atoms with E-state index in [1.165, 1.54) is 24.3 Å². The van der Waals surface area contributed by atoms with Crippen molar-refractivity contribution in [2.45, 2.75) is 38.1 Å². The van der Waals surface area contributed by atoms with Crippen LogP contribution < -0.4 is 0 Å². The van der Waals surface area contributed by atoms with Crippen LogP contribution in [0.4, 0.5) is 5.69 Å². The molecule has 3 aromatic rings. The van der Waals surface area contributed by atoms with E-state index >= 15 is 0 Å². The van der Waals surface area contributed by atoms with Crippen molar-refractivity contribution in [3.63, 3.8) is 0 Å². The first-order valence-corrected chi connectivity index (χ1v) is 11.3. The normalized spacial score (nSPS) is 19.5. The summed E-state index contributed by atoms with van der Waals surface area (Å²) in [5.74, 6) is -0.986. The molecule has 8 nitrogen and oxygen atoms in total. The zero-order chi connectivity index (χ0) is 24.1. The third-order valence-corrected chi connectivity index (χ3v) is 6.12. The average molecular weight is 462 g/mol. The number of nitro benzene ring substituents is 1. The lowest BCUT2D eigenvalue weighted by molar-refractivity contribution is -0.384. The Morgan fingerprint density at radius 3 is 2.47 bits per heavy atom. The summed E-state index contributed by atoms with van der Waals surface area (Å²) in [5, 5.41) is 22.2. The topological polar surface area (TPSA) is 106 Å². The Hall–Kier alpha value is -3.62. The van der Waals surface area contributed by atoms with E-state index in [4.69, 9.17) is 4.74 Å². The molecule has 1 saturated heterocycles. The number of ether oxygens (including phenoxy) is 1. The number of aliphatic hydroxyl groups excluding tert-OH is 1. The van der Waals surface area contributed by atoms with Gasteiger partial charge in [0.05, 0.1) is 35.3 Å². The van der Waals surface area contributed by atoms with Crippen molar-refractivity contribution in [3.8, 4) is 0 Å². The summed E-state index contributed by atoms with van der Waals surface area (Å²) in [6, 6.07) is 20.5. The fraction of sp³-hybridized carbons (Fsp3) is 0.308. The second kappa shape index (κ2) is 10.5. The molecule has 1 aliphatic rings. The fourth-order valence-corrected chi connectivity index (χ4v) is 4.40. The lowest BCUT2D eigenvalue weighted by atomic mass is 9.89. The van der Waals surface area contributed by atoms with Gasteiger partial charge in [-0.2, -0.15) is 0 Å². The van der Waals surface area contributed by atoms with Crippen LogP contribution in [0.1, 0.15) is 55.0 Å². The Balaban J connectivity index is 1.69. The van der Waals surface area contributed by atoms with Crippen LogP contribution in [0, 0.1) is 16.0 Å². The molecular weight excluding hydrogens is 434 g/mol. The average Bonchev–Trinajstić information content (AvgIpc) is 3.33. The Labute approximate surface area is 198 Å². The van der Waals surface area contributed by atoms with Gasteiger partial charge in [0.1, 0.15) is 0 Å². The number of hydrogen-bond acceptors (Lipinski definition) is 6. The number of carbonyl (C=O) groups excluding carboxylic acids is 1. The highest BCUT2D eigenvalue weighted by Crippen LogP contribution is 2.41. The molecule has 0 unspecified atom stereocenters. The number of nitrogens with zero attached hydrogens (tertiary/aromatic N) is 3. The molecule has 176 valence electrons. The highest BCUT2D eigenvalue weighted by Gasteiger charge is 2.44. The second-order valence-electron chi connectivity index (χ2n) is 8.30. The van der Waals surface area contributed by atoms with Crippen molar-refractivity contribution in [1.29, 1.82) is 0 Å². The van der Waals surface area contributed by atoms with Crippen LogP contribution in [0.5, 0.6) is 0 Å². The molecule has 4 atom stereocenters. The lowest BCUT2D eigenvalue weighted by Gasteiger charge is -2.33. The smallest absolute Gasteiger partial charge is 0.269 e.